The number of nitrogens with zero attached hydrogens (tertiary/aromatic N) is 1. The van der Waals surface area contributed by atoms with Crippen molar-refractivity contribution in [1.29, 1.82) is 0 Å². The third kappa shape index (κ3) is 7.58. The molecule has 0 N–H and O–H groups in total. The van der Waals surface area contributed by atoms with Gasteiger partial charge in [0.25, 0.3) is 0 Å². The Kier molecular flexibility index (Phi) is 7.36. The summed E-state index contributed by atoms with van der Waals surface area (Å²) in [6.45, 7) is 12.1. The van der Waals surface area contributed by atoms with E-state index in [4.69, 9.17) is 4.74 Å². The largest absolute Gasteiger partial charge is 0.465 e. The number of hydrogen-bond acceptors (Lipinski definition) is 4. The molecule has 0 saturated heterocycles. The van der Waals surface area contributed by atoms with Crippen molar-refractivity contribution in [3.05, 3.63) is 0 Å². The lowest BCUT2D eigenvalue weighted by atomic mass is 10.3. The molecule has 0 atom stereocenters. The van der Waals surface area contributed by atoms with Crippen molar-refractivity contribution in [2.24, 2.45) is 0 Å². The van der Waals surface area contributed by atoms with Crippen molar-refractivity contribution >= 4 is 23.6 Å². The molecule has 0 saturated carbocycles. The molecule has 0 radical (unpaired) electrons. The van der Waals surface area contributed by atoms with Gasteiger partial charge >= 0.3 is 5.97 Å². The van der Waals surface area contributed by atoms with Crippen LogP contribution < -0.4 is 0 Å². The maximum Gasteiger partial charge on any atom is 0.325 e. The fraction of sp³-hybridized carbons (Fsp3) is 0.846. The highest BCUT2D eigenvalue weighted by Gasteiger charge is 2.22. The molecular weight excluding hydrogens is 250 g/mol. The number of hydrogen-bond donors (Lipinski definition) is 0. The summed E-state index contributed by atoms with van der Waals surface area (Å²) in [5, 5.41) is 0. The highest BCUT2D eigenvalue weighted by atomic mass is 32.2. The van der Waals surface area contributed by atoms with E-state index in [-0.39, 0.29) is 29.2 Å². The molecule has 0 aliphatic carbocycles. The zero-order chi connectivity index (χ0) is 14.3. The van der Waals surface area contributed by atoms with E-state index in [1.165, 1.54) is 0 Å². The summed E-state index contributed by atoms with van der Waals surface area (Å²) >= 11 is 1.58. The van der Waals surface area contributed by atoms with E-state index in [0.717, 1.165) is 0 Å². The van der Waals surface area contributed by atoms with Crippen LogP contribution in [0.4, 0.5) is 0 Å². The molecular formula is C13H25NO3S. The van der Waals surface area contributed by atoms with Crippen molar-refractivity contribution in [1.82, 2.24) is 4.90 Å². The molecule has 0 aliphatic heterocycles. The molecule has 0 aromatic heterocycles. The normalized spacial score (nSPS) is 11.5. The number of ether oxygens (including phenoxy) is 1. The van der Waals surface area contributed by atoms with Crippen LogP contribution in [-0.2, 0) is 14.3 Å². The van der Waals surface area contributed by atoms with E-state index in [9.17, 15) is 9.59 Å². The summed E-state index contributed by atoms with van der Waals surface area (Å²) in [7, 11) is 0. The van der Waals surface area contributed by atoms with E-state index < -0.39 is 0 Å². The van der Waals surface area contributed by atoms with E-state index in [2.05, 4.69) is 20.8 Å². The Morgan fingerprint density at radius 3 is 2.22 bits per heavy atom. The van der Waals surface area contributed by atoms with Crippen LogP contribution in [0.3, 0.4) is 0 Å². The Hall–Kier alpha value is -0.710. The summed E-state index contributed by atoms with van der Waals surface area (Å²) < 4.78 is 4.92. The Bertz CT molecular complexity index is 284. The first-order chi connectivity index (χ1) is 8.17. The highest BCUT2D eigenvalue weighted by Crippen LogP contribution is 2.23. The predicted octanol–water partition coefficient (Wildman–Crippen LogP) is 2.32. The first-order valence-corrected chi connectivity index (χ1v) is 7.25. The average molecular weight is 275 g/mol. The summed E-state index contributed by atoms with van der Waals surface area (Å²) in [4.78, 5) is 25.1. The quantitative estimate of drug-likeness (QED) is 0.698. The minimum atomic E-state index is -0.347. The van der Waals surface area contributed by atoms with E-state index in [0.29, 0.717) is 12.4 Å². The molecule has 5 heteroatoms. The second kappa shape index (κ2) is 7.67. The molecule has 0 aromatic rings. The standard InChI is InChI=1S/C13H25NO3S/c1-7-17-12(16)8-14(10(2)3)11(15)9-18-13(4,5)6/h10H,7-9H2,1-6H3. The van der Waals surface area contributed by atoms with Gasteiger partial charge in [-0.3, -0.25) is 9.59 Å². The van der Waals surface area contributed by atoms with Gasteiger partial charge in [0.2, 0.25) is 5.91 Å². The van der Waals surface area contributed by atoms with Gasteiger partial charge in [-0.15, -0.1) is 11.8 Å². The number of esters is 1. The van der Waals surface area contributed by atoms with Crippen LogP contribution in [0.15, 0.2) is 0 Å². The maximum absolute atomic E-state index is 12.1. The Morgan fingerprint density at radius 2 is 1.83 bits per heavy atom. The molecule has 18 heavy (non-hydrogen) atoms. The van der Waals surface area contributed by atoms with E-state index in [1.54, 1.807) is 23.6 Å². The topological polar surface area (TPSA) is 46.6 Å². The molecule has 0 heterocycles. The first kappa shape index (κ1) is 17.3. The zero-order valence-corrected chi connectivity index (χ0v) is 13.1. The van der Waals surface area contributed by atoms with Gasteiger partial charge in [-0.2, -0.15) is 0 Å². The van der Waals surface area contributed by atoms with Crippen molar-refractivity contribution in [2.45, 2.75) is 52.3 Å². The fourth-order valence-corrected chi connectivity index (χ4v) is 1.99. The summed E-state index contributed by atoms with van der Waals surface area (Å²) in [5.74, 6) is 0.0273. The highest BCUT2D eigenvalue weighted by molar-refractivity contribution is 8.01. The molecule has 0 rings (SSSR count). The minimum absolute atomic E-state index is 0.00229. The number of amides is 1. The molecule has 106 valence electrons. The molecule has 0 aromatic carbocycles. The second-order valence-corrected chi connectivity index (χ2v) is 7.12. The van der Waals surface area contributed by atoms with Gasteiger partial charge in [0.15, 0.2) is 0 Å². The predicted molar refractivity (Wildman–Crippen MR) is 75.7 cm³/mol. The van der Waals surface area contributed by atoms with Crippen LogP contribution in [0.25, 0.3) is 0 Å². The molecule has 0 bridgehead atoms. The number of thioether (sulfide) groups is 1. The maximum atomic E-state index is 12.1. The van der Waals surface area contributed by atoms with Gasteiger partial charge < -0.3 is 9.64 Å². The van der Waals surface area contributed by atoms with Crippen LogP contribution in [0.2, 0.25) is 0 Å². The van der Waals surface area contributed by atoms with Crippen LogP contribution in [0.5, 0.6) is 0 Å². The summed E-state index contributed by atoms with van der Waals surface area (Å²) in [6, 6.07) is 0.00229. The molecule has 0 spiro atoms. The van der Waals surface area contributed by atoms with Gasteiger partial charge in [0.1, 0.15) is 6.54 Å². The van der Waals surface area contributed by atoms with Crippen molar-refractivity contribution in [3.8, 4) is 0 Å². The van der Waals surface area contributed by atoms with Gasteiger partial charge in [0.05, 0.1) is 12.4 Å². The van der Waals surface area contributed by atoms with Crippen LogP contribution in [-0.4, -0.2) is 46.5 Å². The fourth-order valence-electron chi connectivity index (χ4n) is 1.27. The SMILES string of the molecule is CCOC(=O)CN(C(=O)CSC(C)(C)C)C(C)C. The first-order valence-electron chi connectivity index (χ1n) is 6.26. The molecule has 4 nitrogen and oxygen atoms in total. The minimum Gasteiger partial charge on any atom is -0.465 e. The van der Waals surface area contributed by atoms with Crippen LogP contribution >= 0.6 is 11.8 Å². The third-order valence-corrected chi connectivity index (χ3v) is 3.43. The number of carbonyl (C=O) groups is 2. The lowest BCUT2D eigenvalue weighted by Crippen LogP contribution is -2.42. The Balaban J connectivity index is 4.41. The van der Waals surface area contributed by atoms with Gasteiger partial charge in [-0.1, -0.05) is 20.8 Å². The average Bonchev–Trinajstić information content (AvgIpc) is 2.21. The Labute approximate surface area is 114 Å². The summed E-state index contributed by atoms with van der Waals surface area (Å²) in [5.41, 5.74) is 0. The zero-order valence-electron chi connectivity index (χ0n) is 12.3. The van der Waals surface area contributed by atoms with Gasteiger partial charge in [-0.05, 0) is 20.8 Å². The van der Waals surface area contributed by atoms with Crippen LogP contribution in [0, 0.1) is 0 Å². The third-order valence-electron chi connectivity index (χ3n) is 2.18. The van der Waals surface area contributed by atoms with Gasteiger partial charge in [-0.25, -0.2) is 0 Å². The Morgan fingerprint density at radius 1 is 1.28 bits per heavy atom. The number of carbonyl (C=O) groups excluding carboxylic acids is 2. The second-order valence-electron chi connectivity index (χ2n) is 5.32. The lowest BCUT2D eigenvalue weighted by molar-refractivity contribution is -0.149. The molecule has 0 aliphatic rings. The summed E-state index contributed by atoms with van der Waals surface area (Å²) in [6.07, 6.45) is 0. The van der Waals surface area contributed by atoms with Crippen molar-refractivity contribution in [2.75, 3.05) is 18.9 Å². The van der Waals surface area contributed by atoms with Crippen molar-refractivity contribution < 1.29 is 14.3 Å². The molecule has 1 amide bonds. The van der Waals surface area contributed by atoms with Crippen molar-refractivity contribution in [3.63, 3.8) is 0 Å². The number of rotatable bonds is 6. The van der Waals surface area contributed by atoms with Gasteiger partial charge in [0, 0.05) is 10.8 Å². The smallest absolute Gasteiger partial charge is 0.325 e. The molecule has 0 unspecified atom stereocenters. The monoisotopic (exact) mass is 275 g/mol. The molecule has 0 fully saturated rings. The van der Waals surface area contributed by atoms with E-state index >= 15 is 0 Å². The lowest BCUT2D eigenvalue weighted by Gasteiger charge is -2.27. The van der Waals surface area contributed by atoms with E-state index in [1.807, 2.05) is 13.8 Å². The van der Waals surface area contributed by atoms with Crippen LogP contribution in [0.1, 0.15) is 41.5 Å².